The molecule has 0 bridgehead atoms. The lowest BCUT2D eigenvalue weighted by atomic mass is 10.1. The molecule has 0 saturated carbocycles. The SMILES string of the molecule is Cc1nn(Cc2ccc(C(=O)Nc3ccccc3OC(F)(F)F)cc2)c(C)c1[N+](=O)[O-]. The molecule has 8 nitrogen and oxygen atoms in total. The van der Waals surface area contributed by atoms with E-state index in [1.807, 2.05) is 0 Å². The zero-order valence-corrected chi connectivity index (χ0v) is 16.4. The van der Waals surface area contributed by atoms with Crippen LogP contribution in [0.2, 0.25) is 0 Å². The Balaban J connectivity index is 1.73. The number of aryl methyl sites for hydroxylation is 1. The summed E-state index contributed by atoms with van der Waals surface area (Å²) in [5.41, 5.74) is 1.49. The van der Waals surface area contributed by atoms with Gasteiger partial charge in [-0.05, 0) is 43.7 Å². The molecule has 0 saturated heterocycles. The summed E-state index contributed by atoms with van der Waals surface area (Å²) < 4.78 is 43.0. The fraction of sp³-hybridized carbons (Fsp3) is 0.200. The van der Waals surface area contributed by atoms with Crippen molar-refractivity contribution in [3.8, 4) is 5.75 Å². The van der Waals surface area contributed by atoms with E-state index in [2.05, 4.69) is 15.2 Å². The second-order valence-corrected chi connectivity index (χ2v) is 6.63. The smallest absolute Gasteiger partial charge is 0.404 e. The molecule has 0 unspecified atom stereocenters. The molecule has 162 valence electrons. The van der Waals surface area contributed by atoms with Crippen LogP contribution in [0.3, 0.4) is 0 Å². The van der Waals surface area contributed by atoms with E-state index in [0.717, 1.165) is 11.6 Å². The summed E-state index contributed by atoms with van der Waals surface area (Å²) in [5, 5.41) is 17.7. The van der Waals surface area contributed by atoms with Crippen molar-refractivity contribution in [2.75, 3.05) is 5.32 Å². The van der Waals surface area contributed by atoms with Gasteiger partial charge in [-0.25, -0.2) is 0 Å². The molecule has 3 rings (SSSR count). The molecule has 31 heavy (non-hydrogen) atoms. The van der Waals surface area contributed by atoms with Crippen molar-refractivity contribution in [3.05, 3.63) is 81.2 Å². The van der Waals surface area contributed by atoms with E-state index in [4.69, 9.17) is 0 Å². The number of rotatable bonds is 6. The van der Waals surface area contributed by atoms with Gasteiger partial charge in [0.2, 0.25) is 0 Å². The maximum Gasteiger partial charge on any atom is 0.573 e. The number of carbonyl (C=O) groups is 1. The zero-order chi connectivity index (χ0) is 22.8. The molecule has 1 amide bonds. The maximum atomic E-state index is 12.5. The Morgan fingerprint density at radius 2 is 1.81 bits per heavy atom. The van der Waals surface area contributed by atoms with Crippen molar-refractivity contribution in [1.82, 2.24) is 9.78 Å². The average Bonchev–Trinajstić information content (AvgIpc) is 2.96. The lowest BCUT2D eigenvalue weighted by molar-refractivity contribution is -0.386. The number of hydrogen-bond donors (Lipinski definition) is 1. The third kappa shape index (κ3) is 5.18. The second-order valence-electron chi connectivity index (χ2n) is 6.63. The van der Waals surface area contributed by atoms with Gasteiger partial charge in [-0.3, -0.25) is 19.6 Å². The van der Waals surface area contributed by atoms with Crippen LogP contribution < -0.4 is 10.1 Å². The van der Waals surface area contributed by atoms with Crippen molar-refractivity contribution < 1.29 is 27.6 Å². The van der Waals surface area contributed by atoms with Crippen molar-refractivity contribution >= 4 is 17.3 Å². The van der Waals surface area contributed by atoms with Gasteiger partial charge in [-0.1, -0.05) is 24.3 Å². The number of ether oxygens (including phenoxy) is 1. The molecule has 2 aromatic carbocycles. The molecule has 0 aliphatic carbocycles. The Labute approximate surface area is 174 Å². The summed E-state index contributed by atoms with van der Waals surface area (Å²) in [4.78, 5) is 23.1. The van der Waals surface area contributed by atoms with Gasteiger partial charge in [0.1, 0.15) is 11.4 Å². The van der Waals surface area contributed by atoms with Crippen LogP contribution in [-0.4, -0.2) is 27.0 Å². The summed E-state index contributed by atoms with van der Waals surface area (Å²) in [6, 6.07) is 11.5. The van der Waals surface area contributed by atoms with Gasteiger partial charge in [0, 0.05) is 5.56 Å². The molecular formula is C20H17F3N4O4. The summed E-state index contributed by atoms with van der Waals surface area (Å²) in [6.07, 6.45) is -4.89. The van der Waals surface area contributed by atoms with E-state index in [-0.39, 0.29) is 23.5 Å². The topological polar surface area (TPSA) is 99.3 Å². The summed E-state index contributed by atoms with van der Waals surface area (Å²) in [5.74, 6) is -1.14. The van der Waals surface area contributed by atoms with Gasteiger partial charge in [-0.2, -0.15) is 5.10 Å². The first kappa shape index (κ1) is 21.8. The first-order valence-corrected chi connectivity index (χ1v) is 8.98. The van der Waals surface area contributed by atoms with E-state index < -0.39 is 22.9 Å². The minimum atomic E-state index is -4.89. The van der Waals surface area contributed by atoms with Gasteiger partial charge >= 0.3 is 12.0 Å². The van der Waals surface area contributed by atoms with Gasteiger partial charge in [-0.15, -0.1) is 13.2 Å². The number of carbonyl (C=O) groups excluding carboxylic acids is 1. The molecule has 1 heterocycles. The highest BCUT2D eigenvalue weighted by Gasteiger charge is 2.32. The highest BCUT2D eigenvalue weighted by atomic mass is 19.4. The van der Waals surface area contributed by atoms with Crippen LogP contribution >= 0.6 is 0 Å². The molecule has 0 aliphatic rings. The highest BCUT2D eigenvalue weighted by Crippen LogP contribution is 2.30. The molecule has 0 aliphatic heterocycles. The summed E-state index contributed by atoms with van der Waals surface area (Å²) >= 11 is 0. The molecule has 1 aromatic heterocycles. The molecule has 0 radical (unpaired) electrons. The Bertz CT molecular complexity index is 1120. The number of hydrogen-bond acceptors (Lipinski definition) is 5. The number of aromatic nitrogens is 2. The van der Waals surface area contributed by atoms with Crippen LogP contribution in [0.25, 0.3) is 0 Å². The molecular weight excluding hydrogens is 417 g/mol. The molecule has 0 atom stereocenters. The van der Waals surface area contributed by atoms with Crippen LogP contribution in [-0.2, 0) is 6.54 Å². The van der Waals surface area contributed by atoms with E-state index in [1.54, 1.807) is 26.0 Å². The zero-order valence-electron chi connectivity index (χ0n) is 16.4. The summed E-state index contributed by atoms with van der Waals surface area (Å²) in [6.45, 7) is 3.40. The average molecular weight is 434 g/mol. The number of halogens is 3. The number of para-hydroxylation sites is 2. The number of alkyl halides is 3. The van der Waals surface area contributed by atoms with E-state index >= 15 is 0 Å². The number of nitrogens with one attached hydrogen (secondary N) is 1. The van der Waals surface area contributed by atoms with Gasteiger partial charge in [0.15, 0.2) is 5.75 Å². The Hall–Kier alpha value is -3.89. The first-order valence-electron chi connectivity index (χ1n) is 8.98. The van der Waals surface area contributed by atoms with E-state index in [1.165, 1.54) is 35.0 Å². The van der Waals surface area contributed by atoms with Gasteiger partial charge < -0.3 is 10.1 Å². The predicted molar refractivity (Wildman–Crippen MR) is 105 cm³/mol. The highest BCUT2D eigenvalue weighted by molar-refractivity contribution is 6.05. The van der Waals surface area contributed by atoms with Crippen LogP contribution in [0.1, 0.15) is 27.3 Å². The normalized spacial score (nSPS) is 11.3. The van der Waals surface area contributed by atoms with Crippen LogP contribution in [0.5, 0.6) is 5.75 Å². The fourth-order valence-electron chi connectivity index (χ4n) is 3.02. The van der Waals surface area contributed by atoms with E-state index in [0.29, 0.717) is 11.4 Å². The van der Waals surface area contributed by atoms with Gasteiger partial charge in [0.25, 0.3) is 5.91 Å². The third-order valence-corrected chi connectivity index (χ3v) is 4.44. The van der Waals surface area contributed by atoms with Crippen LogP contribution in [0.4, 0.5) is 24.5 Å². The molecule has 11 heteroatoms. The lowest BCUT2D eigenvalue weighted by Crippen LogP contribution is -2.19. The number of benzene rings is 2. The van der Waals surface area contributed by atoms with E-state index in [9.17, 15) is 28.1 Å². The van der Waals surface area contributed by atoms with Crippen molar-refractivity contribution in [3.63, 3.8) is 0 Å². The van der Waals surface area contributed by atoms with Crippen molar-refractivity contribution in [1.29, 1.82) is 0 Å². The lowest BCUT2D eigenvalue weighted by Gasteiger charge is -2.14. The third-order valence-electron chi connectivity index (χ3n) is 4.44. The largest absolute Gasteiger partial charge is 0.573 e. The molecule has 1 N–H and O–H groups in total. The summed E-state index contributed by atoms with van der Waals surface area (Å²) in [7, 11) is 0. The second kappa shape index (κ2) is 8.46. The molecule has 0 fully saturated rings. The number of anilines is 1. The Morgan fingerprint density at radius 3 is 2.39 bits per heavy atom. The molecule has 0 spiro atoms. The maximum absolute atomic E-state index is 12.5. The van der Waals surface area contributed by atoms with Crippen LogP contribution in [0, 0.1) is 24.0 Å². The quantitative estimate of drug-likeness (QED) is 0.451. The number of nitro groups is 1. The Kier molecular flexibility index (Phi) is 5.95. The monoisotopic (exact) mass is 434 g/mol. The van der Waals surface area contributed by atoms with Gasteiger partial charge in [0.05, 0.1) is 17.2 Å². The van der Waals surface area contributed by atoms with Crippen LogP contribution in [0.15, 0.2) is 48.5 Å². The number of amides is 1. The standard InChI is InChI=1S/C20H17F3N4O4/c1-12-18(27(29)30)13(2)26(25-12)11-14-7-9-15(10-8-14)19(28)24-16-5-3-4-6-17(16)31-20(21,22)23/h3-10H,11H2,1-2H3,(H,24,28). The predicted octanol–water partition coefficient (Wildman–Crippen LogP) is 4.61. The fourth-order valence-corrected chi connectivity index (χ4v) is 3.02. The Morgan fingerprint density at radius 1 is 1.16 bits per heavy atom. The minimum Gasteiger partial charge on any atom is -0.404 e. The number of nitrogens with zero attached hydrogens (tertiary/aromatic N) is 3. The van der Waals surface area contributed by atoms with Crippen molar-refractivity contribution in [2.45, 2.75) is 26.8 Å². The van der Waals surface area contributed by atoms with Crippen molar-refractivity contribution in [2.24, 2.45) is 0 Å². The minimum absolute atomic E-state index is 0.0456. The molecule has 3 aromatic rings. The first-order chi connectivity index (χ1) is 14.5.